The predicted molar refractivity (Wildman–Crippen MR) is 263 cm³/mol. The van der Waals surface area contributed by atoms with Crippen molar-refractivity contribution in [2.45, 2.75) is 0 Å². The summed E-state index contributed by atoms with van der Waals surface area (Å²) in [6.45, 7) is 0. The lowest BCUT2D eigenvalue weighted by atomic mass is 9.90. The lowest BCUT2D eigenvalue weighted by molar-refractivity contribution is 1.28. The molecular weight excluding hydrogens is 749 g/mol. The van der Waals surface area contributed by atoms with Gasteiger partial charge in [-0.25, -0.2) is 0 Å². The second kappa shape index (κ2) is 17.6. The molecule has 0 saturated heterocycles. The molecule has 0 heterocycles. The van der Waals surface area contributed by atoms with E-state index in [-0.39, 0.29) is 0 Å². The van der Waals surface area contributed by atoms with E-state index in [0.29, 0.717) is 0 Å². The molecule has 10 aromatic rings. The largest absolute Gasteiger partial charge is 0.355 e. The van der Waals surface area contributed by atoms with E-state index in [9.17, 15) is 0 Å². The molecule has 0 aliphatic carbocycles. The van der Waals surface area contributed by atoms with Gasteiger partial charge in [-0.1, -0.05) is 218 Å². The fraction of sp³-hybridized carbons (Fsp3) is 0. The number of hydrogen-bond donors (Lipinski definition) is 1. The first-order valence-electron chi connectivity index (χ1n) is 21.2. The Morgan fingerprint density at radius 2 is 0.710 bits per heavy atom. The second-order valence-electron chi connectivity index (χ2n) is 15.4. The molecule has 294 valence electrons. The Morgan fingerprint density at radius 1 is 0.258 bits per heavy atom. The molecule has 0 aromatic heterocycles. The van der Waals surface area contributed by atoms with Crippen LogP contribution in [0.4, 0.5) is 28.4 Å². The summed E-state index contributed by atoms with van der Waals surface area (Å²) in [5, 5.41) is 3.82. The number of benzene rings is 10. The maximum atomic E-state index is 3.82. The molecule has 2 nitrogen and oxygen atoms in total. The van der Waals surface area contributed by atoms with Gasteiger partial charge in [0.15, 0.2) is 0 Å². The van der Waals surface area contributed by atoms with Gasteiger partial charge in [0.1, 0.15) is 0 Å². The normalized spacial score (nSPS) is 10.9. The Kier molecular flexibility index (Phi) is 10.8. The zero-order chi connectivity index (χ0) is 41.5. The van der Waals surface area contributed by atoms with Crippen LogP contribution in [0.1, 0.15) is 0 Å². The van der Waals surface area contributed by atoms with Crippen molar-refractivity contribution < 1.29 is 0 Å². The Hall–Kier alpha value is -8.20. The molecule has 0 amide bonds. The van der Waals surface area contributed by atoms with E-state index in [4.69, 9.17) is 0 Å². The highest BCUT2D eigenvalue weighted by Gasteiger charge is 2.24. The van der Waals surface area contributed by atoms with Crippen LogP contribution in [0.25, 0.3) is 66.8 Å². The van der Waals surface area contributed by atoms with Crippen LogP contribution in [0.2, 0.25) is 0 Å². The Labute approximate surface area is 364 Å². The highest BCUT2D eigenvalue weighted by Crippen LogP contribution is 2.49. The van der Waals surface area contributed by atoms with E-state index in [2.05, 4.69) is 271 Å². The van der Waals surface area contributed by atoms with Crippen molar-refractivity contribution in [1.29, 1.82) is 0 Å². The van der Waals surface area contributed by atoms with Crippen molar-refractivity contribution in [3.63, 3.8) is 0 Å². The van der Waals surface area contributed by atoms with Crippen LogP contribution < -0.4 is 10.2 Å². The van der Waals surface area contributed by atoms with Gasteiger partial charge in [0.05, 0.1) is 11.4 Å². The van der Waals surface area contributed by atoms with Crippen molar-refractivity contribution in [2.24, 2.45) is 0 Å². The molecule has 0 aliphatic rings. The van der Waals surface area contributed by atoms with Gasteiger partial charge in [-0.2, -0.15) is 0 Å². The summed E-state index contributed by atoms with van der Waals surface area (Å²) in [6, 6.07) is 93.4. The van der Waals surface area contributed by atoms with Crippen molar-refractivity contribution in [1.82, 2.24) is 0 Å². The number of nitrogens with one attached hydrogen (secondary N) is 1. The first kappa shape index (κ1) is 38.0. The number of nitrogens with zero attached hydrogens (tertiary/aromatic N) is 1. The molecule has 0 fully saturated rings. The lowest BCUT2D eigenvalue weighted by Crippen LogP contribution is -2.13. The minimum atomic E-state index is 1.01. The van der Waals surface area contributed by atoms with Crippen molar-refractivity contribution >= 4 is 28.4 Å². The molecule has 0 unspecified atom stereocenters. The van der Waals surface area contributed by atoms with Gasteiger partial charge in [0, 0.05) is 33.8 Å². The van der Waals surface area contributed by atoms with E-state index in [0.717, 1.165) is 72.9 Å². The van der Waals surface area contributed by atoms with Crippen molar-refractivity contribution in [3.8, 4) is 66.8 Å². The average Bonchev–Trinajstić information content (AvgIpc) is 3.36. The molecule has 0 radical (unpaired) electrons. The van der Waals surface area contributed by atoms with Crippen LogP contribution in [-0.4, -0.2) is 0 Å². The molecule has 0 atom stereocenters. The summed E-state index contributed by atoms with van der Waals surface area (Å²) in [5.41, 5.74) is 19.1. The Bertz CT molecular complexity index is 3050. The highest BCUT2D eigenvalue weighted by atomic mass is 15.1. The summed E-state index contributed by atoms with van der Waals surface area (Å²) in [6.07, 6.45) is 0. The third-order valence-corrected chi connectivity index (χ3v) is 11.5. The second-order valence-corrected chi connectivity index (χ2v) is 15.4. The van der Waals surface area contributed by atoms with E-state index in [1.807, 2.05) is 0 Å². The molecule has 62 heavy (non-hydrogen) atoms. The molecule has 2 heteroatoms. The molecule has 0 aliphatic heterocycles. The molecule has 0 saturated carbocycles. The van der Waals surface area contributed by atoms with Gasteiger partial charge in [-0.3, -0.25) is 0 Å². The van der Waals surface area contributed by atoms with Gasteiger partial charge < -0.3 is 10.2 Å². The molecule has 10 aromatic carbocycles. The van der Waals surface area contributed by atoms with Crippen molar-refractivity contribution in [3.05, 3.63) is 261 Å². The fourth-order valence-electron chi connectivity index (χ4n) is 8.49. The number of anilines is 5. The monoisotopic (exact) mass is 792 g/mol. The highest BCUT2D eigenvalue weighted by molar-refractivity contribution is 6.00. The topological polar surface area (TPSA) is 15.3 Å². The maximum absolute atomic E-state index is 3.82. The van der Waals surface area contributed by atoms with Crippen LogP contribution in [0.15, 0.2) is 261 Å². The average molecular weight is 793 g/mol. The maximum Gasteiger partial charge on any atom is 0.0546 e. The third kappa shape index (κ3) is 7.93. The van der Waals surface area contributed by atoms with Crippen LogP contribution in [0.5, 0.6) is 0 Å². The summed E-state index contributed by atoms with van der Waals surface area (Å²) < 4.78 is 0. The standard InChI is InChI=1S/C60H44N2/c1-6-20-44(21-7-1)46-36-39-53(40-37-46)62(59-43-50(45-22-8-2-9-23-45)38-41-55(59)48-26-12-4-13-27-48)58-35-19-33-56(49-28-14-5-15-29-49)60(58)51-30-18-31-52(42-51)61-57-34-17-16-32-54(57)47-24-10-3-11-25-47/h1-43,61H. The summed E-state index contributed by atoms with van der Waals surface area (Å²) >= 11 is 0. The summed E-state index contributed by atoms with van der Waals surface area (Å²) in [5.74, 6) is 0. The van der Waals surface area contributed by atoms with E-state index in [1.165, 1.54) is 22.3 Å². The molecule has 1 N–H and O–H groups in total. The smallest absolute Gasteiger partial charge is 0.0546 e. The molecular formula is C60H44N2. The third-order valence-electron chi connectivity index (χ3n) is 11.5. The Balaban J connectivity index is 1.21. The van der Waals surface area contributed by atoms with Gasteiger partial charge in [-0.15, -0.1) is 0 Å². The zero-order valence-corrected chi connectivity index (χ0v) is 34.3. The first-order chi connectivity index (χ1) is 30.8. The minimum Gasteiger partial charge on any atom is -0.355 e. The number of hydrogen-bond acceptors (Lipinski definition) is 2. The van der Waals surface area contributed by atoms with Crippen LogP contribution in [0.3, 0.4) is 0 Å². The summed E-state index contributed by atoms with van der Waals surface area (Å²) in [7, 11) is 0. The van der Waals surface area contributed by atoms with E-state index < -0.39 is 0 Å². The molecule has 0 bridgehead atoms. The van der Waals surface area contributed by atoms with Gasteiger partial charge in [0.2, 0.25) is 0 Å². The fourth-order valence-corrected chi connectivity index (χ4v) is 8.49. The van der Waals surface area contributed by atoms with Gasteiger partial charge >= 0.3 is 0 Å². The first-order valence-corrected chi connectivity index (χ1v) is 21.2. The number of rotatable bonds is 11. The minimum absolute atomic E-state index is 1.01. The van der Waals surface area contributed by atoms with Gasteiger partial charge in [-0.05, 0) is 92.5 Å². The Morgan fingerprint density at radius 3 is 1.34 bits per heavy atom. The zero-order valence-electron chi connectivity index (χ0n) is 34.3. The predicted octanol–water partition coefficient (Wildman–Crippen LogP) is 16.9. The van der Waals surface area contributed by atoms with Crippen LogP contribution >= 0.6 is 0 Å². The van der Waals surface area contributed by atoms with Crippen LogP contribution in [-0.2, 0) is 0 Å². The lowest BCUT2D eigenvalue weighted by Gasteiger charge is -2.31. The quantitative estimate of drug-likeness (QED) is 0.140. The van der Waals surface area contributed by atoms with E-state index in [1.54, 1.807) is 0 Å². The van der Waals surface area contributed by atoms with Gasteiger partial charge in [0.25, 0.3) is 0 Å². The van der Waals surface area contributed by atoms with E-state index >= 15 is 0 Å². The molecule has 10 rings (SSSR count). The number of para-hydroxylation sites is 1. The van der Waals surface area contributed by atoms with Crippen molar-refractivity contribution in [2.75, 3.05) is 10.2 Å². The molecule has 0 spiro atoms. The SMILES string of the molecule is c1ccc(-c2ccc(N(c3cc(-c4ccccc4)ccc3-c3ccccc3)c3cccc(-c4ccccc4)c3-c3cccc(Nc4ccccc4-c4ccccc4)c3)cc2)cc1. The summed E-state index contributed by atoms with van der Waals surface area (Å²) in [4.78, 5) is 2.47. The van der Waals surface area contributed by atoms with Crippen LogP contribution in [0, 0.1) is 0 Å².